The van der Waals surface area contributed by atoms with Crippen LogP contribution in [0.25, 0.3) is 0 Å². The SMILES string of the molecule is Cc1cccc(N2CC(C(=O)N3CCN(c4ccc(F)cc4)CC3)CC2=O)c1C. The number of halogens is 1. The molecule has 2 saturated heterocycles. The van der Waals surface area contributed by atoms with Gasteiger partial charge in [-0.3, -0.25) is 9.59 Å². The fourth-order valence-electron chi connectivity index (χ4n) is 4.23. The fourth-order valence-corrected chi connectivity index (χ4v) is 4.23. The highest BCUT2D eigenvalue weighted by Crippen LogP contribution is 2.30. The van der Waals surface area contributed by atoms with E-state index in [-0.39, 0.29) is 30.0 Å². The lowest BCUT2D eigenvalue weighted by Gasteiger charge is -2.37. The second kappa shape index (κ2) is 7.85. The van der Waals surface area contributed by atoms with Gasteiger partial charge in [0.05, 0.1) is 5.92 Å². The molecule has 0 saturated carbocycles. The average Bonchev–Trinajstić information content (AvgIpc) is 3.12. The highest BCUT2D eigenvalue weighted by molar-refractivity contribution is 6.01. The monoisotopic (exact) mass is 395 g/mol. The summed E-state index contributed by atoms with van der Waals surface area (Å²) in [6.45, 7) is 7.14. The van der Waals surface area contributed by atoms with Crippen molar-refractivity contribution in [2.24, 2.45) is 5.92 Å². The molecule has 0 aromatic heterocycles. The lowest BCUT2D eigenvalue weighted by Crippen LogP contribution is -2.50. The van der Waals surface area contributed by atoms with Crippen molar-refractivity contribution < 1.29 is 14.0 Å². The molecule has 1 unspecified atom stereocenters. The van der Waals surface area contributed by atoms with Crippen molar-refractivity contribution in [3.05, 3.63) is 59.4 Å². The van der Waals surface area contributed by atoms with E-state index in [1.807, 2.05) is 36.9 Å². The van der Waals surface area contributed by atoms with Crippen LogP contribution >= 0.6 is 0 Å². The number of aryl methyl sites for hydroxylation is 1. The predicted octanol–water partition coefficient (Wildman–Crippen LogP) is 3.14. The van der Waals surface area contributed by atoms with Gasteiger partial charge in [0.2, 0.25) is 11.8 Å². The molecule has 2 heterocycles. The zero-order chi connectivity index (χ0) is 20.5. The molecule has 1 atom stereocenters. The molecule has 5 nitrogen and oxygen atoms in total. The van der Waals surface area contributed by atoms with E-state index in [0.29, 0.717) is 32.7 Å². The third-order valence-corrected chi connectivity index (χ3v) is 6.12. The maximum Gasteiger partial charge on any atom is 0.228 e. The van der Waals surface area contributed by atoms with Crippen molar-refractivity contribution in [2.75, 3.05) is 42.5 Å². The third-order valence-electron chi connectivity index (χ3n) is 6.12. The van der Waals surface area contributed by atoms with Crippen LogP contribution < -0.4 is 9.80 Å². The number of nitrogens with zero attached hydrogens (tertiary/aromatic N) is 3. The van der Waals surface area contributed by atoms with E-state index in [1.54, 1.807) is 17.0 Å². The minimum absolute atomic E-state index is 0.0157. The Morgan fingerprint density at radius 2 is 1.69 bits per heavy atom. The fraction of sp³-hybridized carbons (Fsp3) is 0.391. The van der Waals surface area contributed by atoms with Crippen molar-refractivity contribution in [1.82, 2.24) is 4.90 Å². The van der Waals surface area contributed by atoms with Gasteiger partial charge in [0.25, 0.3) is 0 Å². The number of carbonyl (C=O) groups is 2. The van der Waals surface area contributed by atoms with Gasteiger partial charge >= 0.3 is 0 Å². The lowest BCUT2D eigenvalue weighted by atomic mass is 10.1. The van der Waals surface area contributed by atoms with E-state index in [9.17, 15) is 14.0 Å². The molecule has 0 radical (unpaired) electrons. The first-order valence-corrected chi connectivity index (χ1v) is 10.1. The van der Waals surface area contributed by atoms with Crippen LogP contribution in [0.5, 0.6) is 0 Å². The zero-order valence-corrected chi connectivity index (χ0v) is 16.9. The largest absolute Gasteiger partial charge is 0.368 e. The second-order valence-corrected chi connectivity index (χ2v) is 7.91. The number of amides is 2. The number of benzene rings is 2. The molecule has 0 spiro atoms. The molecule has 2 aliphatic rings. The molecule has 29 heavy (non-hydrogen) atoms. The Labute approximate surface area is 170 Å². The first kappa shape index (κ1) is 19.4. The normalized spacial score (nSPS) is 19.8. The summed E-state index contributed by atoms with van der Waals surface area (Å²) in [7, 11) is 0. The summed E-state index contributed by atoms with van der Waals surface area (Å²) in [5.74, 6) is -0.464. The van der Waals surface area contributed by atoms with Crippen LogP contribution in [-0.4, -0.2) is 49.4 Å². The zero-order valence-electron chi connectivity index (χ0n) is 16.9. The van der Waals surface area contributed by atoms with Gasteiger partial charge in [-0.2, -0.15) is 0 Å². The van der Waals surface area contributed by atoms with Crippen LogP contribution in [0.4, 0.5) is 15.8 Å². The predicted molar refractivity (Wildman–Crippen MR) is 112 cm³/mol. The minimum Gasteiger partial charge on any atom is -0.368 e. The van der Waals surface area contributed by atoms with Gasteiger partial charge in [0.15, 0.2) is 0 Å². The summed E-state index contributed by atoms with van der Waals surface area (Å²) < 4.78 is 13.1. The molecule has 0 N–H and O–H groups in total. The molecule has 2 aliphatic heterocycles. The molecular weight excluding hydrogens is 369 g/mol. The van der Waals surface area contributed by atoms with Gasteiger partial charge < -0.3 is 14.7 Å². The Bertz CT molecular complexity index is 920. The van der Waals surface area contributed by atoms with Gasteiger partial charge in [-0.25, -0.2) is 4.39 Å². The van der Waals surface area contributed by atoms with Crippen molar-refractivity contribution in [3.63, 3.8) is 0 Å². The third kappa shape index (κ3) is 3.84. The van der Waals surface area contributed by atoms with E-state index in [0.717, 1.165) is 22.5 Å². The molecule has 4 rings (SSSR count). The number of carbonyl (C=O) groups excluding carboxylic acids is 2. The highest BCUT2D eigenvalue weighted by Gasteiger charge is 2.38. The summed E-state index contributed by atoms with van der Waals surface area (Å²) in [6.07, 6.45) is 0.268. The van der Waals surface area contributed by atoms with E-state index in [4.69, 9.17) is 0 Å². The van der Waals surface area contributed by atoms with Crippen molar-refractivity contribution in [3.8, 4) is 0 Å². The molecule has 2 aromatic carbocycles. The molecule has 6 heteroatoms. The van der Waals surface area contributed by atoms with Crippen LogP contribution in [0.3, 0.4) is 0 Å². The minimum atomic E-state index is -0.292. The van der Waals surface area contributed by atoms with Crippen LogP contribution in [-0.2, 0) is 9.59 Å². The Balaban J connectivity index is 1.39. The van der Waals surface area contributed by atoms with E-state index in [1.165, 1.54) is 12.1 Å². The molecule has 152 valence electrons. The number of hydrogen-bond donors (Lipinski definition) is 0. The molecule has 2 amide bonds. The standard InChI is InChI=1S/C23H26FN3O2/c1-16-4-3-5-21(17(16)2)27-15-18(14-22(27)28)23(29)26-12-10-25(11-13-26)20-8-6-19(24)7-9-20/h3-9,18H,10-15H2,1-2H3. The highest BCUT2D eigenvalue weighted by atomic mass is 19.1. The van der Waals surface area contributed by atoms with Gasteiger partial charge in [-0.05, 0) is 55.3 Å². The molecule has 2 aromatic rings. The number of anilines is 2. The Kier molecular flexibility index (Phi) is 5.26. The first-order valence-electron chi connectivity index (χ1n) is 10.1. The summed E-state index contributed by atoms with van der Waals surface area (Å²) in [4.78, 5) is 31.4. The van der Waals surface area contributed by atoms with Crippen LogP contribution in [0.1, 0.15) is 17.5 Å². The van der Waals surface area contributed by atoms with Gasteiger partial charge in [0, 0.05) is 50.5 Å². The van der Waals surface area contributed by atoms with Crippen LogP contribution in [0, 0.1) is 25.6 Å². The Morgan fingerprint density at radius 1 is 1.00 bits per heavy atom. The topological polar surface area (TPSA) is 43.9 Å². The summed E-state index contributed by atoms with van der Waals surface area (Å²) in [5, 5.41) is 0. The smallest absolute Gasteiger partial charge is 0.228 e. The van der Waals surface area contributed by atoms with Gasteiger partial charge in [0.1, 0.15) is 5.82 Å². The van der Waals surface area contributed by atoms with Crippen LogP contribution in [0.2, 0.25) is 0 Å². The Morgan fingerprint density at radius 3 is 2.38 bits per heavy atom. The first-order chi connectivity index (χ1) is 13.9. The average molecular weight is 395 g/mol. The van der Waals surface area contributed by atoms with E-state index in [2.05, 4.69) is 4.90 Å². The summed E-state index contributed by atoms with van der Waals surface area (Å²) >= 11 is 0. The second-order valence-electron chi connectivity index (χ2n) is 7.91. The lowest BCUT2D eigenvalue weighted by molar-refractivity contribution is -0.136. The van der Waals surface area contributed by atoms with Crippen molar-refractivity contribution >= 4 is 23.2 Å². The van der Waals surface area contributed by atoms with Gasteiger partial charge in [-0.15, -0.1) is 0 Å². The van der Waals surface area contributed by atoms with Crippen molar-refractivity contribution in [1.29, 1.82) is 0 Å². The maximum atomic E-state index is 13.1. The molecule has 2 fully saturated rings. The number of rotatable bonds is 3. The quantitative estimate of drug-likeness (QED) is 0.802. The maximum absolute atomic E-state index is 13.1. The molecule has 0 bridgehead atoms. The Hall–Kier alpha value is -2.89. The summed E-state index contributed by atoms with van der Waals surface area (Å²) in [6, 6.07) is 12.4. The molecular formula is C23H26FN3O2. The number of piperazine rings is 1. The van der Waals surface area contributed by atoms with E-state index < -0.39 is 0 Å². The van der Waals surface area contributed by atoms with Crippen LogP contribution in [0.15, 0.2) is 42.5 Å². The summed E-state index contributed by atoms with van der Waals surface area (Å²) in [5.41, 5.74) is 4.10. The van der Waals surface area contributed by atoms with Gasteiger partial charge in [-0.1, -0.05) is 12.1 Å². The molecule has 0 aliphatic carbocycles. The number of hydrogen-bond acceptors (Lipinski definition) is 3. The van der Waals surface area contributed by atoms with E-state index >= 15 is 0 Å². The van der Waals surface area contributed by atoms with Crippen molar-refractivity contribution in [2.45, 2.75) is 20.3 Å².